The summed E-state index contributed by atoms with van der Waals surface area (Å²) in [5.74, 6) is -0.263. The topological polar surface area (TPSA) is 58.6 Å². The molecule has 1 amide bonds. The number of para-hydroxylation sites is 1. The lowest BCUT2D eigenvalue weighted by Crippen LogP contribution is -2.35. The largest absolute Gasteiger partial charge is 0.460 e. The number of benzene rings is 3. The van der Waals surface area contributed by atoms with Gasteiger partial charge in [0.05, 0.1) is 12.0 Å². The van der Waals surface area contributed by atoms with E-state index in [0.29, 0.717) is 13.0 Å². The second-order valence-corrected chi connectivity index (χ2v) is 11.4. The Bertz CT molecular complexity index is 1210. The first kappa shape index (κ1) is 28.0. The Morgan fingerprint density at radius 2 is 1.46 bits per heavy atom. The van der Waals surface area contributed by atoms with Gasteiger partial charge in [-0.25, -0.2) is 0 Å². The predicted molar refractivity (Wildman–Crippen MR) is 152 cm³/mol. The fourth-order valence-corrected chi connectivity index (χ4v) is 4.18. The van der Waals surface area contributed by atoms with E-state index >= 15 is 0 Å². The molecule has 5 heteroatoms. The van der Waals surface area contributed by atoms with E-state index in [1.165, 1.54) is 5.56 Å². The average Bonchev–Trinajstić information content (AvgIpc) is 2.81. The Morgan fingerprint density at radius 1 is 0.838 bits per heavy atom. The normalized spacial score (nSPS) is 11.6. The predicted octanol–water partition coefficient (Wildman–Crippen LogP) is 6.86. The molecule has 0 aromatic heterocycles. The summed E-state index contributed by atoms with van der Waals surface area (Å²) in [4.78, 5) is 27.7. The molecule has 196 valence electrons. The molecule has 0 radical (unpaired) electrons. The van der Waals surface area contributed by atoms with Crippen LogP contribution in [-0.4, -0.2) is 24.0 Å². The molecule has 0 aliphatic rings. The molecule has 0 saturated heterocycles. The van der Waals surface area contributed by atoms with Gasteiger partial charge in [0.25, 0.3) is 0 Å². The van der Waals surface area contributed by atoms with Crippen molar-refractivity contribution in [2.45, 2.75) is 67.0 Å². The van der Waals surface area contributed by atoms with Crippen molar-refractivity contribution >= 4 is 23.3 Å². The number of carbonyl (C=O) groups is 2. The van der Waals surface area contributed by atoms with Crippen LogP contribution < -0.4 is 10.2 Å². The summed E-state index contributed by atoms with van der Waals surface area (Å²) in [6, 6.07) is 24.2. The minimum atomic E-state index is -0.628. The van der Waals surface area contributed by atoms with E-state index in [1.807, 2.05) is 90.9 Å². The van der Waals surface area contributed by atoms with Gasteiger partial charge in [-0.3, -0.25) is 9.59 Å². The molecule has 5 nitrogen and oxygen atoms in total. The molecule has 0 aliphatic heterocycles. The van der Waals surface area contributed by atoms with E-state index < -0.39 is 11.0 Å². The fourth-order valence-electron chi connectivity index (χ4n) is 4.18. The van der Waals surface area contributed by atoms with Crippen molar-refractivity contribution in [1.29, 1.82) is 0 Å². The summed E-state index contributed by atoms with van der Waals surface area (Å²) in [7, 11) is 0. The molecule has 3 aromatic rings. The Hall–Kier alpha value is -3.60. The van der Waals surface area contributed by atoms with Crippen LogP contribution in [0.3, 0.4) is 0 Å². The van der Waals surface area contributed by atoms with Crippen LogP contribution in [0.25, 0.3) is 0 Å². The molecule has 0 atom stereocenters. The van der Waals surface area contributed by atoms with E-state index in [9.17, 15) is 9.59 Å². The second-order valence-electron chi connectivity index (χ2n) is 11.4. The van der Waals surface area contributed by atoms with Crippen LogP contribution in [-0.2, 0) is 27.3 Å². The molecule has 0 heterocycles. The maximum atomic E-state index is 13.0. The molecule has 0 fully saturated rings. The molecule has 37 heavy (non-hydrogen) atoms. The molecule has 0 saturated carbocycles. The standard InChI is InChI=1S/C32H40N2O3/c1-23-13-18-28(24(2)19-23)33-29(35)22-34(27-11-9-8-10-12-27)21-26-16-14-25(15-17-26)20-32(6,7)30(36)37-31(3,4)5/h8-19H,20-22H2,1-7H3,(H,33,35). The molecule has 0 aliphatic carbocycles. The first-order valence-corrected chi connectivity index (χ1v) is 12.8. The molecular formula is C32H40N2O3. The number of anilines is 2. The van der Waals surface area contributed by atoms with Crippen molar-refractivity contribution in [2.75, 3.05) is 16.8 Å². The van der Waals surface area contributed by atoms with Crippen LogP contribution in [0.2, 0.25) is 0 Å². The van der Waals surface area contributed by atoms with Gasteiger partial charge in [-0.2, -0.15) is 0 Å². The number of aryl methyl sites for hydroxylation is 2. The molecule has 0 spiro atoms. The average molecular weight is 501 g/mol. The number of nitrogens with zero attached hydrogens (tertiary/aromatic N) is 1. The van der Waals surface area contributed by atoms with Crippen LogP contribution in [0, 0.1) is 19.3 Å². The molecule has 1 N–H and O–H groups in total. The second kappa shape index (κ2) is 11.6. The lowest BCUT2D eigenvalue weighted by atomic mass is 9.85. The lowest BCUT2D eigenvalue weighted by Gasteiger charge is -2.28. The molecule has 3 aromatic carbocycles. The number of carbonyl (C=O) groups excluding carboxylic acids is 2. The van der Waals surface area contributed by atoms with Crippen molar-refractivity contribution in [3.8, 4) is 0 Å². The highest BCUT2D eigenvalue weighted by Crippen LogP contribution is 2.27. The fraction of sp³-hybridized carbons (Fsp3) is 0.375. The third-order valence-electron chi connectivity index (χ3n) is 6.11. The van der Waals surface area contributed by atoms with Gasteiger partial charge in [0, 0.05) is 17.9 Å². The molecule has 0 unspecified atom stereocenters. The highest BCUT2D eigenvalue weighted by atomic mass is 16.6. The number of hydrogen-bond donors (Lipinski definition) is 1. The van der Waals surface area contributed by atoms with Gasteiger partial charge < -0.3 is 15.0 Å². The smallest absolute Gasteiger partial charge is 0.312 e. The number of ether oxygens (including phenoxy) is 1. The van der Waals surface area contributed by atoms with Gasteiger partial charge >= 0.3 is 5.97 Å². The van der Waals surface area contributed by atoms with E-state index in [4.69, 9.17) is 4.74 Å². The number of esters is 1. The van der Waals surface area contributed by atoms with E-state index in [2.05, 4.69) is 40.5 Å². The Morgan fingerprint density at radius 3 is 2.05 bits per heavy atom. The van der Waals surface area contributed by atoms with Gasteiger partial charge in [0.15, 0.2) is 0 Å². The van der Waals surface area contributed by atoms with Crippen molar-refractivity contribution in [3.05, 3.63) is 95.1 Å². The Labute approximate surface area is 221 Å². The first-order chi connectivity index (χ1) is 17.3. The Kier molecular flexibility index (Phi) is 8.80. The summed E-state index contributed by atoms with van der Waals surface area (Å²) < 4.78 is 5.61. The van der Waals surface area contributed by atoms with Crippen molar-refractivity contribution < 1.29 is 14.3 Å². The molecule has 0 bridgehead atoms. The number of amides is 1. The van der Waals surface area contributed by atoms with Crippen LogP contribution in [0.1, 0.15) is 56.9 Å². The summed E-state index contributed by atoms with van der Waals surface area (Å²) in [6.07, 6.45) is 0.586. The zero-order chi connectivity index (χ0) is 27.2. The van der Waals surface area contributed by atoms with Crippen molar-refractivity contribution in [1.82, 2.24) is 0 Å². The van der Waals surface area contributed by atoms with Crippen LogP contribution in [0.5, 0.6) is 0 Å². The third kappa shape index (κ3) is 8.49. The quantitative estimate of drug-likeness (QED) is 0.326. The van der Waals surface area contributed by atoms with Gasteiger partial charge in [-0.1, -0.05) is 60.2 Å². The SMILES string of the molecule is Cc1ccc(NC(=O)CN(Cc2ccc(CC(C)(C)C(=O)OC(C)(C)C)cc2)c2ccccc2)c(C)c1. The van der Waals surface area contributed by atoms with Crippen molar-refractivity contribution in [3.63, 3.8) is 0 Å². The molecule has 3 rings (SSSR count). The van der Waals surface area contributed by atoms with E-state index in [0.717, 1.165) is 28.1 Å². The van der Waals surface area contributed by atoms with Gasteiger partial charge in [-0.05, 0) is 89.8 Å². The zero-order valence-electron chi connectivity index (χ0n) is 23.2. The minimum absolute atomic E-state index is 0.0634. The highest BCUT2D eigenvalue weighted by Gasteiger charge is 2.32. The highest BCUT2D eigenvalue weighted by molar-refractivity contribution is 5.94. The van der Waals surface area contributed by atoms with Crippen LogP contribution >= 0.6 is 0 Å². The van der Waals surface area contributed by atoms with Crippen LogP contribution in [0.4, 0.5) is 11.4 Å². The summed E-state index contributed by atoms with van der Waals surface area (Å²) in [5.41, 5.74) is 5.04. The maximum Gasteiger partial charge on any atom is 0.312 e. The third-order valence-corrected chi connectivity index (χ3v) is 6.11. The molecular weight excluding hydrogens is 460 g/mol. The summed E-state index contributed by atoms with van der Waals surface area (Å²) in [5, 5.41) is 3.06. The van der Waals surface area contributed by atoms with Crippen molar-refractivity contribution in [2.24, 2.45) is 5.41 Å². The van der Waals surface area contributed by atoms with E-state index in [1.54, 1.807) is 0 Å². The van der Waals surface area contributed by atoms with Gasteiger partial charge in [0.2, 0.25) is 5.91 Å². The zero-order valence-corrected chi connectivity index (χ0v) is 23.2. The lowest BCUT2D eigenvalue weighted by molar-refractivity contribution is -0.165. The first-order valence-electron chi connectivity index (χ1n) is 12.8. The van der Waals surface area contributed by atoms with E-state index in [-0.39, 0.29) is 18.4 Å². The number of nitrogens with one attached hydrogen (secondary N) is 1. The number of hydrogen-bond acceptors (Lipinski definition) is 4. The summed E-state index contributed by atoms with van der Waals surface area (Å²) in [6.45, 7) is 14.3. The monoisotopic (exact) mass is 500 g/mol. The van der Waals surface area contributed by atoms with Gasteiger partial charge in [-0.15, -0.1) is 0 Å². The minimum Gasteiger partial charge on any atom is -0.460 e. The number of rotatable bonds is 9. The maximum absolute atomic E-state index is 13.0. The Balaban J connectivity index is 1.71. The van der Waals surface area contributed by atoms with Gasteiger partial charge in [0.1, 0.15) is 5.60 Å². The van der Waals surface area contributed by atoms with Crippen LogP contribution in [0.15, 0.2) is 72.8 Å². The summed E-state index contributed by atoms with van der Waals surface area (Å²) >= 11 is 0.